The van der Waals surface area contributed by atoms with Crippen molar-refractivity contribution in [2.24, 2.45) is 5.92 Å². The number of ether oxygens (including phenoxy) is 1. The summed E-state index contributed by atoms with van der Waals surface area (Å²) in [6.07, 6.45) is 4.24. The Morgan fingerprint density at radius 3 is 2.44 bits per heavy atom. The highest BCUT2D eigenvalue weighted by molar-refractivity contribution is 6.23. The van der Waals surface area contributed by atoms with Crippen LogP contribution in [-0.4, -0.2) is 85.2 Å². The van der Waals surface area contributed by atoms with Gasteiger partial charge >= 0.3 is 0 Å². The van der Waals surface area contributed by atoms with E-state index in [0.717, 1.165) is 70.0 Å². The van der Waals surface area contributed by atoms with E-state index >= 15 is 0 Å². The fourth-order valence-electron chi connectivity index (χ4n) is 6.76. The Labute approximate surface area is 230 Å². The number of aliphatic hydroxyl groups is 1. The van der Waals surface area contributed by atoms with E-state index in [1.54, 1.807) is 13.2 Å². The van der Waals surface area contributed by atoms with Gasteiger partial charge in [-0.15, -0.1) is 0 Å². The van der Waals surface area contributed by atoms with Crippen LogP contribution in [0.15, 0.2) is 42.5 Å². The molecule has 0 radical (unpaired) electrons. The van der Waals surface area contributed by atoms with E-state index in [1.807, 2.05) is 24.3 Å². The number of carbonyl (C=O) groups is 2. The monoisotopic (exact) mass is 533 g/mol. The molecule has 1 saturated carbocycles. The first-order valence-corrected chi connectivity index (χ1v) is 14.3. The van der Waals surface area contributed by atoms with Gasteiger partial charge < -0.3 is 14.7 Å². The number of rotatable bonds is 7. The number of fused-ring (bicyclic) bond motifs is 1. The Hall–Kier alpha value is -2.98. The van der Waals surface area contributed by atoms with Crippen LogP contribution in [-0.2, 0) is 0 Å². The lowest BCUT2D eigenvalue weighted by molar-refractivity contribution is -0.0177. The van der Waals surface area contributed by atoms with Crippen molar-refractivity contribution in [2.45, 2.75) is 43.7 Å². The first kappa shape index (κ1) is 26.3. The van der Waals surface area contributed by atoms with E-state index in [0.29, 0.717) is 29.9 Å². The number of benzene rings is 2. The van der Waals surface area contributed by atoms with Crippen LogP contribution in [0.3, 0.4) is 0 Å². The fourth-order valence-corrected chi connectivity index (χ4v) is 6.76. The molecule has 3 aliphatic heterocycles. The second kappa shape index (κ2) is 10.9. The van der Waals surface area contributed by atoms with Gasteiger partial charge in [0.25, 0.3) is 11.8 Å². The maximum atomic E-state index is 13.5. The summed E-state index contributed by atoms with van der Waals surface area (Å²) >= 11 is 0. The summed E-state index contributed by atoms with van der Waals surface area (Å²) in [6, 6.07) is 14.1. The summed E-state index contributed by atoms with van der Waals surface area (Å²) in [6.45, 7) is 5.34. The molecule has 2 atom stereocenters. The molecule has 6 rings (SSSR count). The van der Waals surface area contributed by atoms with Crippen molar-refractivity contribution >= 4 is 17.5 Å². The molecule has 2 aromatic carbocycles. The minimum absolute atomic E-state index is 0.0887. The predicted molar refractivity (Wildman–Crippen MR) is 149 cm³/mol. The van der Waals surface area contributed by atoms with Crippen LogP contribution < -0.4 is 20.5 Å². The van der Waals surface area contributed by atoms with E-state index in [9.17, 15) is 14.7 Å². The number of nitrogens with zero attached hydrogens (tertiary/aromatic N) is 3. The number of anilines is 1. The second-order valence-electron chi connectivity index (χ2n) is 11.5. The first-order chi connectivity index (χ1) is 19.0. The Morgan fingerprint density at radius 1 is 0.974 bits per heavy atom. The molecule has 2 amide bonds. The molecule has 3 fully saturated rings. The normalized spacial score (nSPS) is 25.3. The van der Waals surface area contributed by atoms with Crippen LogP contribution in [0.2, 0.25) is 0 Å². The average Bonchev–Trinajstić information content (AvgIpc) is 3.52. The molecule has 3 heterocycles. The topological polar surface area (TPSA) is 97.4 Å². The molecule has 4 aliphatic rings. The SMILES string of the molecule is COc1ccc(C2NNCC2CN2CCN(c3cccc4c3C(=O)N(CC3(O)CCCCC3)C4=O)CC2)cc1. The van der Waals surface area contributed by atoms with Gasteiger partial charge in [0.1, 0.15) is 5.75 Å². The minimum Gasteiger partial charge on any atom is -0.497 e. The number of β-amino-alcohol motifs (C(OH)–C–C–N with tert-alkyl or cyclic N) is 1. The van der Waals surface area contributed by atoms with E-state index in [-0.39, 0.29) is 24.4 Å². The van der Waals surface area contributed by atoms with E-state index in [4.69, 9.17) is 4.74 Å². The molecular formula is C30H39N5O4. The van der Waals surface area contributed by atoms with Crippen molar-refractivity contribution in [2.75, 3.05) is 57.8 Å². The highest BCUT2D eigenvalue weighted by atomic mass is 16.5. The number of hydrogen-bond acceptors (Lipinski definition) is 8. The number of hydrogen-bond donors (Lipinski definition) is 3. The number of amides is 2. The van der Waals surface area contributed by atoms with Gasteiger partial charge in [-0.05, 0) is 42.7 Å². The largest absolute Gasteiger partial charge is 0.497 e. The summed E-state index contributed by atoms with van der Waals surface area (Å²) in [5.74, 6) is 0.750. The molecule has 9 heteroatoms. The summed E-state index contributed by atoms with van der Waals surface area (Å²) in [5.41, 5.74) is 8.85. The maximum absolute atomic E-state index is 13.5. The lowest BCUT2D eigenvalue weighted by Gasteiger charge is -2.38. The number of carbonyl (C=O) groups excluding carboxylic acids is 2. The third-order valence-corrected chi connectivity index (χ3v) is 8.99. The number of nitrogens with one attached hydrogen (secondary N) is 2. The van der Waals surface area contributed by atoms with E-state index in [1.165, 1.54) is 10.5 Å². The molecule has 39 heavy (non-hydrogen) atoms. The lowest BCUT2D eigenvalue weighted by atomic mass is 9.84. The van der Waals surface area contributed by atoms with Crippen molar-refractivity contribution < 1.29 is 19.4 Å². The summed E-state index contributed by atoms with van der Waals surface area (Å²) in [7, 11) is 1.68. The van der Waals surface area contributed by atoms with Crippen LogP contribution in [0.1, 0.15) is 64.4 Å². The Balaban J connectivity index is 1.10. The molecule has 2 aromatic rings. The standard InChI is InChI=1S/C30H39N5O4/c1-39-23-10-8-21(9-11-23)27-22(18-31-32-27)19-33-14-16-34(17-15-33)25-7-5-6-24-26(25)29(37)35(28(24)36)20-30(38)12-3-2-4-13-30/h5-11,22,27,31-32,38H,2-4,12-20H2,1H3. The van der Waals surface area contributed by atoms with Crippen LogP contribution in [0.5, 0.6) is 5.75 Å². The highest BCUT2D eigenvalue weighted by Gasteiger charge is 2.43. The van der Waals surface area contributed by atoms with E-state index in [2.05, 4.69) is 32.8 Å². The fraction of sp³-hybridized carbons (Fsp3) is 0.533. The van der Waals surface area contributed by atoms with Gasteiger partial charge in [0.2, 0.25) is 0 Å². The second-order valence-corrected chi connectivity index (χ2v) is 11.5. The number of methoxy groups -OCH3 is 1. The molecule has 1 aliphatic carbocycles. The summed E-state index contributed by atoms with van der Waals surface area (Å²) in [5, 5.41) is 11.0. The number of imide groups is 1. The zero-order valence-electron chi connectivity index (χ0n) is 22.7. The van der Waals surface area contributed by atoms with Crippen LogP contribution >= 0.6 is 0 Å². The Morgan fingerprint density at radius 2 is 1.72 bits per heavy atom. The first-order valence-electron chi connectivity index (χ1n) is 14.3. The molecule has 0 spiro atoms. The van der Waals surface area contributed by atoms with Gasteiger partial charge in [0, 0.05) is 45.2 Å². The zero-order chi connectivity index (χ0) is 27.0. The summed E-state index contributed by atoms with van der Waals surface area (Å²) < 4.78 is 5.31. The van der Waals surface area contributed by atoms with Crippen molar-refractivity contribution in [3.05, 3.63) is 59.2 Å². The molecule has 2 unspecified atom stereocenters. The Kier molecular flexibility index (Phi) is 7.33. The van der Waals surface area contributed by atoms with Crippen molar-refractivity contribution in [1.29, 1.82) is 0 Å². The molecular weight excluding hydrogens is 494 g/mol. The van der Waals surface area contributed by atoms with Gasteiger partial charge in [0.05, 0.1) is 42.1 Å². The van der Waals surface area contributed by atoms with Crippen LogP contribution in [0.4, 0.5) is 5.69 Å². The number of piperazine rings is 1. The van der Waals surface area contributed by atoms with Crippen LogP contribution in [0, 0.1) is 5.92 Å². The average molecular weight is 534 g/mol. The minimum atomic E-state index is -0.967. The van der Waals surface area contributed by atoms with Crippen molar-refractivity contribution in [1.82, 2.24) is 20.7 Å². The molecule has 9 nitrogen and oxygen atoms in total. The third kappa shape index (κ3) is 5.16. The third-order valence-electron chi connectivity index (χ3n) is 8.99. The van der Waals surface area contributed by atoms with Gasteiger partial charge in [-0.25, -0.2) is 5.43 Å². The molecule has 3 N–H and O–H groups in total. The molecule has 0 aromatic heterocycles. The lowest BCUT2D eigenvalue weighted by Crippen LogP contribution is -2.49. The van der Waals surface area contributed by atoms with Gasteiger partial charge in [-0.1, -0.05) is 37.5 Å². The van der Waals surface area contributed by atoms with Gasteiger partial charge in [0.15, 0.2) is 0 Å². The highest BCUT2D eigenvalue weighted by Crippen LogP contribution is 2.36. The molecule has 208 valence electrons. The predicted octanol–water partition coefficient (Wildman–Crippen LogP) is 2.57. The van der Waals surface area contributed by atoms with Crippen LogP contribution in [0.25, 0.3) is 0 Å². The quantitative estimate of drug-likeness (QED) is 0.468. The molecule has 2 saturated heterocycles. The zero-order valence-corrected chi connectivity index (χ0v) is 22.7. The van der Waals surface area contributed by atoms with Crippen molar-refractivity contribution in [3.63, 3.8) is 0 Å². The summed E-state index contributed by atoms with van der Waals surface area (Å²) in [4.78, 5) is 32.8. The Bertz CT molecular complexity index is 1200. The van der Waals surface area contributed by atoms with Crippen molar-refractivity contribution in [3.8, 4) is 5.75 Å². The van der Waals surface area contributed by atoms with E-state index < -0.39 is 5.60 Å². The molecule has 0 bridgehead atoms. The van der Waals surface area contributed by atoms with Gasteiger partial charge in [-0.2, -0.15) is 0 Å². The smallest absolute Gasteiger partial charge is 0.263 e. The number of hydrazine groups is 1. The maximum Gasteiger partial charge on any atom is 0.263 e. The van der Waals surface area contributed by atoms with Gasteiger partial charge in [-0.3, -0.25) is 24.8 Å².